The van der Waals surface area contributed by atoms with Crippen LogP contribution in [0.2, 0.25) is 0 Å². The molecule has 1 saturated carbocycles. The third-order valence-electron chi connectivity index (χ3n) is 3.72. The molecule has 2 rings (SSSR count). The van der Waals surface area contributed by atoms with Crippen LogP contribution >= 0.6 is 11.6 Å². The smallest absolute Gasteiger partial charge is 0.0364 e. The molecular weight excluding hydrogens is 204 g/mol. The summed E-state index contributed by atoms with van der Waals surface area (Å²) in [6.45, 7) is 2.15. The lowest BCUT2D eigenvalue weighted by Gasteiger charge is -2.17. The van der Waals surface area contributed by atoms with Gasteiger partial charge in [-0.3, -0.25) is 0 Å². The number of benzene rings is 1. The summed E-state index contributed by atoms with van der Waals surface area (Å²) >= 11 is 6.21. The summed E-state index contributed by atoms with van der Waals surface area (Å²) in [5, 5.41) is 0.355. The Balaban J connectivity index is 1.76. The number of aryl methyl sites for hydroxylation is 1. The van der Waals surface area contributed by atoms with Gasteiger partial charge in [0, 0.05) is 5.38 Å². The van der Waals surface area contributed by atoms with Crippen molar-refractivity contribution in [1.82, 2.24) is 0 Å². The predicted octanol–water partition coefficient (Wildman–Crippen LogP) is 4.42. The molecule has 0 bridgehead atoms. The first kappa shape index (κ1) is 11.0. The fourth-order valence-corrected chi connectivity index (χ4v) is 2.62. The molecule has 1 fully saturated rings. The summed E-state index contributed by atoms with van der Waals surface area (Å²) in [5.41, 5.74) is 1.95. The van der Waals surface area contributed by atoms with Crippen molar-refractivity contribution in [1.29, 1.82) is 0 Å². The van der Waals surface area contributed by atoms with Gasteiger partial charge in [-0.2, -0.15) is 0 Å². The van der Waals surface area contributed by atoms with Gasteiger partial charge in [0.1, 0.15) is 0 Å². The minimum Gasteiger partial charge on any atom is -0.123 e. The molecule has 0 saturated heterocycles. The number of alkyl halides is 1. The molecule has 1 heteroatoms. The molecule has 0 aliphatic heterocycles. The van der Waals surface area contributed by atoms with E-state index in [1.54, 1.807) is 0 Å². The Labute approximate surface area is 97.6 Å². The van der Waals surface area contributed by atoms with Crippen LogP contribution in [0.25, 0.3) is 0 Å². The van der Waals surface area contributed by atoms with E-state index in [0.29, 0.717) is 10.8 Å². The van der Waals surface area contributed by atoms with Crippen LogP contribution < -0.4 is 0 Å². The SMILES string of the molecule is CC(Cl)C1(CCCc2ccccc2)CC1. The Morgan fingerprint density at radius 2 is 1.93 bits per heavy atom. The summed E-state index contributed by atoms with van der Waals surface area (Å²) in [7, 11) is 0. The zero-order valence-corrected chi connectivity index (χ0v) is 10.1. The summed E-state index contributed by atoms with van der Waals surface area (Å²) in [6, 6.07) is 10.7. The zero-order valence-electron chi connectivity index (χ0n) is 9.38. The van der Waals surface area contributed by atoms with E-state index in [1.807, 2.05) is 0 Å². The molecule has 0 nitrogen and oxygen atoms in total. The van der Waals surface area contributed by atoms with Crippen molar-refractivity contribution in [3.05, 3.63) is 35.9 Å². The predicted molar refractivity (Wildman–Crippen MR) is 66.4 cm³/mol. The maximum absolute atomic E-state index is 6.21. The van der Waals surface area contributed by atoms with E-state index in [0.717, 1.165) is 0 Å². The highest BCUT2D eigenvalue weighted by Gasteiger charge is 2.45. The highest BCUT2D eigenvalue weighted by Crippen LogP contribution is 2.54. The quantitative estimate of drug-likeness (QED) is 0.648. The number of hydrogen-bond donors (Lipinski definition) is 0. The highest BCUT2D eigenvalue weighted by atomic mass is 35.5. The maximum atomic E-state index is 6.21. The van der Waals surface area contributed by atoms with Gasteiger partial charge in [-0.05, 0) is 50.0 Å². The highest BCUT2D eigenvalue weighted by molar-refractivity contribution is 6.21. The Kier molecular flexibility index (Phi) is 3.35. The third kappa shape index (κ3) is 2.75. The van der Waals surface area contributed by atoms with E-state index >= 15 is 0 Å². The second-order valence-corrected chi connectivity index (χ2v) is 5.47. The number of hydrogen-bond acceptors (Lipinski definition) is 0. The Morgan fingerprint density at radius 1 is 1.27 bits per heavy atom. The molecule has 0 spiro atoms. The zero-order chi connectivity index (χ0) is 10.7. The van der Waals surface area contributed by atoms with Gasteiger partial charge in [-0.25, -0.2) is 0 Å². The van der Waals surface area contributed by atoms with E-state index in [1.165, 1.54) is 37.7 Å². The van der Waals surface area contributed by atoms with Gasteiger partial charge in [0.05, 0.1) is 0 Å². The molecule has 0 N–H and O–H groups in total. The molecule has 1 aromatic rings. The molecule has 1 aliphatic rings. The minimum absolute atomic E-state index is 0.355. The maximum Gasteiger partial charge on any atom is 0.0364 e. The molecule has 1 aliphatic carbocycles. The second kappa shape index (κ2) is 4.57. The van der Waals surface area contributed by atoms with Gasteiger partial charge >= 0.3 is 0 Å². The van der Waals surface area contributed by atoms with Crippen molar-refractivity contribution in [2.45, 2.75) is 44.4 Å². The molecule has 0 heterocycles. The third-order valence-corrected chi connectivity index (χ3v) is 4.18. The Morgan fingerprint density at radius 3 is 2.47 bits per heavy atom. The normalized spacial score (nSPS) is 19.9. The van der Waals surface area contributed by atoms with E-state index in [9.17, 15) is 0 Å². The van der Waals surface area contributed by atoms with Gasteiger partial charge in [0.2, 0.25) is 0 Å². The van der Waals surface area contributed by atoms with E-state index in [4.69, 9.17) is 11.6 Å². The summed E-state index contributed by atoms with van der Waals surface area (Å²) < 4.78 is 0. The lowest BCUT2D eigenvalue weighted by molar-refractivity contribution is 0.440. The van der Waals surface area contributed by atoms with Crippen LogP contribution in [-0.2, 0) is 6.42 Å². The molecule has 1 unspecified atom stereocenters. The molecule has 0 radical (unpaired) electrons. The van der Waals surface area contributed by atoms with Crippen LogP contribution in [0.3, 0.4) is 0 Å². The molecule has 1 aromatic carbocycles. The van der Waals surface area contributed by atoms with Gasteiger partial charge < -0.3 is 0 Å². The Bertz CT molecular complexity index is 298. The lowest BCUT2D eigenvalue weighted by atomic mass is 9.94. The van der Waals surface area contributed by atoms with E-state index < -0.39 is 0 Å². The van der Waals surface area contributed by atoms with Gasteiger partial charge in [0.25, 0.3) is 0 Å². The molecule has 0 aromatic heterocycles. The first-order valence-corrected chi connectivity index (χ1v) is 6.35. The van der Waals surface area contributed by atoms with Crippen LogP contribution in [-0.4, -0.2) is 5.38 Å². The van der Waals surface area contributed by atoms with Crippen molar-refractivity contribution in [2.75, 3.05) is 0 Å². The second-order valence-electron chi connectivity index (χ2n) is 4.82. The fourth-order valence-electron chi connectivity index (χ4n) is 2.30. The van der Waals surface area contributed by atoms with Gasteiger partial charge in [0.15, 0.2) is 0 Å². The van der Waals surface area contributed by atoms with Gasteiger partial charge in [-0.1, -0.05) is 30.3 Å². The van der Waals surface area contributed by atoms with Crippen molar-refractivity contribution < 1.29 is 0 Å². The van der Waals surface area contributed by atoms with Crippen LogP contribution in [0.15, 0.2) is 30.3 Å². The molecular formula is C14H19Cl. The van der Waals surface area contributed by atoms with Crippen LogP contribution in [0.5, 0.6) is 0 Å². The summed E-state index contributed by atoms with van der Waals surface area (Å²) in [6.07, 6.45) is 6.46. The largest absolute Gasteiger partial charge is 0.123 e. The van der Waals surface area contributed by atoms with Crippen LogP contribution in [0, 0.1) is 5.41 Å². The lowest BCUT2D eigenvalue weighted by Crippen LogP contribution is -2.12. The number of rotatable bonds is 5. The summed E-state index contributed by atoms with van der Waals surface area (Å²) in [4.78, 5) is 0. The summed E-state index contributed by atoms with van der Waals surface area (Å²) in [5.74, 6) is 0. The van der Waals surface area contributed by atoms with Gasteiger partial charge in [-0.15, -0.1) is 11.6 Å². The van der Waals surface area contributed by atoms with Crippen molar-refractivity contribution in [3.8, 4) is 0 Å². The first-order chi connectivity index (χ1) is 7.23. The average Bonchev–Trinajstić information content (AvgIpc) is 3.01. The monoisotopic (exact) mass is 222 g/mol. The van der Waals surface area contributed by atoms with Crippen LogP contribution in [0.1, 0.15) is 38.2 Å². The Hall–Kier alpha value is -0.490. The van der Waals surface area contributed by atoms with Crippen molar-refractivity contribution in [2.24, 2.45) is 5.41 Å². The first-order valence-electron chi connectivity index (χ1n) is 5.91. The van der Waals surface area contributed by atoms with Crippen LogP contribution in [0.4, 0.5) is 0 Å². The average molecular weight is 223 g/mol. The topological polar surface area (TPSA) is 0 Å². The van der Waals surface area contributed by atoms with Crippen molar-refractivity contribution >= 4 is 11.6 Å². The number of halogens is 1. The van der Waals surface area contributed by atoms with E-state index in [-0.39, 0.29) is 0 Å². The molecule has 15 heavy (non-hydrogen) atoms. The molecule has 82 valence electrons. The standard InChI is InChI=1S/C14H19Cl/c1-12(15)14(10-11-14)9-5-8-13-6-3-2-4-7-13/h2-4,6-7,12H,5,8-11H2,1H3. The van der Waals surface area contributed by atoms with Crippen molar-refractivity contribution in [3.63, 3.8) is 0 Å². The van der Waals surface area contributed by atoms with E-state index in [2.05, 4.69) is 37.3 Å². The minimum atomic E-state index is 0.355. The fraction of sp³-hybridized carbons (Fsp3) is 0.571. The molecule has 0 amide bonds. The molecule has 1 atom stereocenters.